The zero-order chi connectivity index (χ0) is 56.9. The largest absolute Gasteiger partial charge is 0.465 e. The highest BCUT2D eigenvalue weighted by Crippen LogP contribution is 2.22. The van der Waals surface area contributed by atoms with E-state index in [1.807, 2.05) is 0 Å². The van der Waals surface area contributed by atoms with Crippen LogP contribution in [0.1, 0.15) is 364 Å². The Hall–Kier alpha value is -2.16. The van der Waals surface area contributed by atoms with E-state index in [0.29, 0.717) is 50.7 Å². The fourth-order valence-electron chi connectivity index (χ4n) is 11.0. The fraction of sp³-hybridized carbons (Fsp3) is 0.942. The molecular weight excluding hydrogens is 967 g/mol. The SMILES string of the molecule is CCCCCCCCC(CCCCCC)COC(=O)CCCCCCCC(=O)NCCCCCCCCCN(C)CCCCCCCCCNC(=O)CCCCCCCC(=O)OCC(CCCCCC)CCCCCCCC.[HH].[HH]. The Labute approximate surface area is 488 Å². The van der Waals surface area contributed by atoms with E-state index in [-0.39, 0.29) is 26.6 Å². The van der Waals surface area contributed by atoms with E-state index >= 15 is 0 Å². The van der Waals surface area contributed by atoms with Crippen molar-refractivity contribution in [1.29, 1.82) is 0 Å². The molecule has 0 radical (unpaired) electrons. The van der Waals surface area contributed by atoms with Crippen LogP contribution >= 0.6 is 0 Å². The van der Waals surface area contributed by atoms with Gasteiger partial charge in [-0.3, -0.25) is 19.2 Å². The van der Waals surface area contributed by atoms with Crippen LogP contribution in [0.2, 0.25) is 0 Å². The number of rotatable bonds is 64. The van der Waals surface area contributed by atoms with Gasteiger partial charge >= 0.3 is 11.9 Å². The molecule has 0 bridgehead atoms. The van der Waals surface area contributed by atoms with Crippen molar-refractivity contribution in [3.63, 3.8) is 0 Å². The van der Waals surface area contributed by atoms with Gasteiger partial charge < -0.3 is 25.0 Å². The maximum absolute atomic E-state index is 12.5. The summed E-state index contributed by atoms with van der Waals surface area (Å²) in [5, 5.41) is 6.26. The molecule has 0 saturated heterocycles. The molecule has 78 heavy (non-hydrogen) atoms. The van der Waals surface area contributed by atoms with Crippen LogP contribution in [-0.2, 0) is 28.7 Å². The molecule has 2 atom stereocenters. The number of carbonyl (C=O) groups excluding carboxylic acids is 4. The Morgan fingerprint density at radius 2 is 0.564 bits per heavy atom. The molecule has 2 N–H and O–H groups in total. The fourth-order valence-corrected chi connectivity index (χ4v) is 11.0. The number of amides is 2. The number of carbonyl (C=O) groups is 4. The van der Waals surface area contributed by atoms with Gasteiger partial charge in [0, 0.05) is 41.6 Å². The molecular formula is C69H139N3O6. The van der Waals surface area contributed by atoms with Crippen LogP contribution in [0.3, 0.4) is 0 Å². The average Bonchev–Trinajstić information content (AvgIpc) is 3.43. The Bertz CT molecular complexity index is 1200. The minimum absolute atomic E-state index is 0. The molecule has 0 aliphatic heterocycles. The first-order valence-electron chi connectivity index (χ1n) is 34.8. The summed E-state index contributed by atoms with van der Waals surface area (Å²) in [6, 6.07) is 0. The van der Waals surface area contributed by atoms with Gasteiger partial charge in [-0.05, 0) is 109 Å². The van der Waals surface area contributed by atoms with Crippen LogP contribution in [0, 0.1) is 11.8 Å². The minimum Gasteiger partial charge on any atom is -0.465 e. The summed E-state index contributed by atoms with van der Waals surface area (Å²) in [4.78, 5) is 52.1. The normalized spacial score (nSPS) is 12.3. The van der Waals surface area contributed by atoms with Crippen LogP contribution in [0.4, 0.5) is 0 Å². The van der Waals surface area contributed by atoms with Gasteiger partial charge in [0.2, 0.25) is 11.8 Å². The summed E-state index contributed by atoms with van der Waals surface area (Å²) in [6.07, 6.45) is 60.5. The van der Waals surface area contributed by atoms with Crippen LogP contribution in [0.5, 0.6) is 0 Å². The van der Waals surface area contributed by atoms with Gasteiger partial charge in [-0.25, -0.2) is 0 Å². The number of esters is 2. The highest BCUT2D eigenvalue weighted by molar-refractivity contribution is 5.76. The van der Waals surface area contributed by atoms with Crippen LogP contribution < -0.4 is 10.6 Å². The third kappa shape index (κ3) is 58.5. The van der Waals surface area contributed by atoms with Gasteiger partial charge in [0.15, 0.2) is 0 Å². The maximum atomic E-state index is 12.5. The molecule has 0 aliphatic carbocycles. The molecule has 2 amide bonds. The molecule has 0 aromatic rings. The number of ether oxygens (including phenoxy) is 2. The summed E-state index contributed by atoms with van der Waals surface area (Å²) in [6.45, 7) is 14.3. The van der Waals surface area contributed by atoms with Crippen molar-refractivity contribution >= 4 is 23.8 Å². The molecule has 0 aromatic carbocycles. The smallest absolute Gasteiger partial charge is 0.305 e. The van der Waals surface area contributed by atoms with Gasteiger partial charge in [0.1, 0.15) is 0 Å². The molecule has 0 aliphatic rings. The topological polar surface area (TPSA) is 114 Å². The maximum Gasteiger partial charge on any atom is 0.305 e. The lowest BCUT2D eigenvalue weighted by Gasteiger charge is -2.17. The average molecular weight is 1110 g/mol. The van der Waals surface area contributed by atoms with E-state index in [4.69, 9.17) is 9.47 Å². The second-order valence-corrected chi connectivity index (χ2v) is 24.4. The highest BCUT2D eigenvalue weighted by Gasteiger charge is 2.14. The summed E-state index contributed by atoms with van der Waals surface area (Å²) in [7, 11) is 2.27. The van der Waals surface area contributed by atoms with Gasteiger partial charge in [-0.2, -0.15) is 0 Å². The third-order valence-electron chi connectivity index (χ3n) is 16.5. The third-order valence-corrected chi connectivity index (χ3v) is 16.5. The molecule has 2 unspecified atom stereocenters. The molecule has 0 spiro atoms. The Morgan fingerprint density at radius 1 is 0.321 bits per heavy atom. The van der Waals surface area contributed by atoms with Crippen molar-refractivity contribution in [3.8, 4) is 0 Å². The van der Waals surface area contributed by atoms with Crippen molar-refractivity contribution in [1.82, 2.24) is 15.5 Å². The van der Waals surface area contributed by atoms with Crippen molar-refractivity contribution in [2.24, 2.45) is 11.8 Å². The van der Waals surface area contributed by atoms with Crippen LogP contribution in [-0.4, -0.2) is 75.1 Å². The molecule has 0 rings (SSSR count). The quantitative estimate of drug-likeness (QED) is 0.0461. The predicted molar refractivity (Wildman–Crippen MR) is 339 cm³/mol. The van der Waals surface area contributed by atoms with E-state index in [2.05, 4.69) is 50.3 Å². The first-order chi connectivity index (χ1) is 38.2. The lowest BCUT2D eigenvalue weighted by molar-refractivity contribution is -0.146. The molecule has 0 saturated carbocycles. The van der Waals surface area contributed by atoms with E-state index in [0.717, 1.165) is 90.1 Å². The first kappa shape index (κ1) is 75.8. The Morgan fingerprint density at radius 3 is 0.885 bits per heavy atom. The zero-order valence-corrected chi connectivity index (χ0v) is 53.1. The molecule has 0 fully saturated rings. The van der Waals surface area contributed by atoms with Crippen molar-refractivity contribution < 1.29 is 31.5 Å². The number of hydrogen-bond donors (Lipinski definition) is 2. The van der Waals surface area contributed by atoms with Crippen LogP contribution in [0.15, 0.2) is 0 Å². The van der Waals surface area contributed by atoms with Gasteiger partial charge in [-0.1, -0.05) is 259 Å². The van der Waals surface area contributed by atoms with E-state index < -0.39 is 0 Å². The second-order valence-electron chi connectivity index (χ2n) is 24.4. The summed E-state index contributed by atoms with van der Waals surface area (Å²) >= 11 is 0. The van der Waals surface area contributed by atoms with E-state index in [1.165, 1.54) is 244 Å². The second kappa shape index (κ2) is 62.4. The monoisotopic (exact) mass is 1110 g/mol. The lowest BCUT2D eigenvalue weighted by atomic mass is 9.95. The van der Waals surface area contributed by atoms with E-state index in [9.17, 15) is 19.2 Å². The number of nitrogens with one attached hydrogen (secondary N) is 2. The van der Waals surface area contributed by atoms with Crippen molar-refractivity contribution in [2.45, 2.75) is 362 Å². The zero-order valence-electron chi connectivity index (χ0n) is 53.1. The first-order valence-corrected chi connectivity index (χ1v) is 34.8. The van der Waals surface area contributed by atoms with Gasteiger partial charge in [0.25, 0.3) is 0 Å². The lowest BCUT2D eigenvalue weighted by Crippen LogP contribution is -2.23. The van der Waals surface area contributed by atoms with Gasteiger partial charge in [-0.15, -0.1) is 0 Å². The summed E-state index contributed by atoms with van der Waals surface area (Å²) in [5.74, 6) is 1.38. The number of hydrogen-bond acceptors (Lipinski definition) is 7. The Kier molecular flexibility index (Phi) is 60.7. The molecule has 0 aromatic heterocycles. The standard InChI is InChI=1S/C69H135N3O6.2H2/c1-6-10-14-18-28-40-52-64(50-38-16-12-8-3)62-77-68(75)56-44-32-26-30-42-54-66(73)70-58-46-34-22-20-24-36-48-60-72(5)61-49-37-25-21-23-35-47-59-71-67(74)55-43-31-27-33-45-57-69(76)78-63-65(51-39-17-13-9-4)53-41-29-19-15-11-7-2;;/h64-65H,6-63H2,1-5H3,(H,70,73)(H,71,74);2*1H. The predicted octanol–water partition coefficient (Wildman–Crippen LogP) is 20.3. The van der Waals surface area contributed by atoms with E-state index in [1.54, 1.807) is 0 Å². The number of unbranched alkanes of at least 4 members (excludes halogenated alkanes) is 36. The molecule has 9 nitrogen and oxygen atoms in total. The van der Waals surface area contributed by atoms with Crippen molar-refractivity contribution in [3.05, 3.63) is 0 Å². The number of nitrogens with zero attached hydrogens (tertiary/aromatic N) is 1. The Balaban J connectivity index is -0.0000296. The van der Waals surface area contributed by atoms with Crippen molar-refractivity contribution in [2.75, 3.05) is 46.4 Å². The molecule has 9 heteroatoms. The molecule has 0 heterocycles. The molecule has 466 valence electrons. The minimum atomic E-state index is -0.0238. The van der Waals surface area contributed by atoms with Gasteiger partial charge in [0.05, 0.1) is 13.2 Å². The summed E-state index contributed by atoms with van der Waals surface area (Å²) in [5.41, 5.74) is 0. The summed E-state index contributed by atoms with van der Waals surface area (Å²) < 4.78 is 11.5. The van der Waals surface area contributed by atoms with Crippen LogP contribution in [0.25, 0.3) is 0 Å². The highest BCUT2D eigenvalue weighted by atomic mass is 16.5.